The van der Waals surface area contributed by atoms with Gasteiger partial charge in [-0.05, 0) is 60.6 Å². The third kappa shape index (κ3) is 6.56. The molecule has 34 heavy (non-hydrogen) atoms. The molecule has 6 nitrogen and oxygen atoms in total. The molecule has 1 aliphatic rings. The summed E-state index contributed by atoms with van der Waals surface area (Å²) in [5.41, 5.74) is 3.29. The van der Waals surface area contributed by atoms with Crippen LogP contribution >= 0.6 is 0 Å². The Hall–Kier alpha value is -3.90. The Morgan fingerprint density at radius 1 is 0.882 bits per heavy atom. The SMILES string of the molecule is CN1CCN(C(=O)c2ccc(NC(=O)/C=C/c3ccc(OCc4ccccc4)cc3)cc2)CC1. The van der Waals surface area contributed by atoms with Crippen LogP contribution in [0.3, 0.4) is 0 Å². The Morgan fingerprint density at radius 3 is 2.24 bits per heavy atom. The number of likely N-dealkylation sites (N-methyl/N-ethyl adjacent to an activating group) is 1. The van der Waals surface area contributed by atoms with Crippen molar-refractivity contribution < 1.29 is 14.3 Å². The number of hydrogen-bond donors (Lipinski definition) is 1. The summed E-state index contributed by atoms with van der Waals surface area (Å²) in [7, 11) is 2.06. The fourth-order valence-corrected chi connectivity index (χ4v) is 3.66. The molecular weight excluding hydrogens is 426 g/mol. The number of anilines is 1. The Kier molecular flexibility index (Phi) is 7.73. The number of carbonyl (C=O) groups is 2. The van der Waals surface area contributed by atoms with Gasteiger partial charge < -0.3 is 19.9 Å². The topological polar surface area (TPSA) is 61.9 Å². The number of nitrogens with one attached hydrogen (secondary N) is 1. The fourth-order valence-electron chi connectivity index (χ4n) is 3.66. The second-order valence-electron chi connectivity index (χ2n) is 8.34. The first-order chi connectivity index (χ1) is 16.6. The molecule has 1 N–H and O–H groups in total. The van der Waals surface area contributed by atoms with Crippen molar-refractivity contribution in [1.29, 1.82) is 0 Å². The van der Waals surface area contributed by atoms with Crippen LogP contribution in [-0.2, 0) is 11.4 Å². The first-order valence-electron chi connectivity index (χ1n) is 11.4. The van der Waals surface area contributed by atoms with Crippen LogP contribution in [0.2, 0.25) is 0 Å². The van der Waals surface area contributed by atoms with Gasteiger partial charge in [-0.2, -0.15) is 0 Å². The van der Waals surface area contributed by atoms with Gasteiger partial charge in [-0.1, -0.05) is 42.5 Å². The summed E-state index contributed by atoms with van der Waals surface area (Å²) >= 11 is 0. The minimum absolute atomic E-state index is 0.0297. The number of nitrogens with zero attached hydrogens (tertiary/aromatic N) is 2. The lowest BCUT2D eigenvalue weighted by molar-refractivity contribution is -0.111. The highest BCUT2D eigenvalue weighted by molar-refractivity contribution is 6.02. The summed E-state index contributed by atoms with van der Waals surface area (Å²) in [6, 6.07) is 24.6. The summed E-state index contributed by atoms with van der Waals surface area (Å²) in [5.74, 6) is 0.571. The molecule has 3 aromatic rings. The van der Waals surface area contributed by atoms with E-state index in [9.17, 15) is 9.59 Å². The quantitative estimate of drug-likeness (QED) is 0.540. The number of hydrogen-bond acceptors (Lipinski definition) is 4. The minimum atomic E-state index is -0.234. The lowest BCUT2D eigenvalue weighted by Crippen LogP contribution is -2.47. The highest BCUT2D eigenvalue weighted by Gasteiger charge is 2.20. The molecule has 0 bridgehead atoms. The molecule has 1 saturated heterocycles. The van der Waals surface area contributed by atoms with E-state index in [1.54, 1.807) is 30.3 Å². The zero-order valence-corrected chi connectivity index (χ0v) is 19.3. The predicted octanol–water partition coefficient (Wildman–Crippen LogP) is 4.31. The zero-order valence-electron chi connectivity index (χ0n) is 19.3. The molecule has 2 amide bonds. The van der Waals surface area contributed by atoms with E-state index in [-0.39, 0.29) is 11.8 Å². The molecule has 0 aromatic heterocycles. The highest BCUT2D eigenvalue weighted by Crippen LogP contribution is 2.16. The number of rotatable bonds is 7. The van der Waals surface area contributed by atoms with E-state index in [2.05, 4.69) is 17.3 Å². The van der Waals surface area contributed by atoms with Gasteiger partial charge in [0.15, 0.2) is 0 Å². The number of benzene rings is 3. The van der Waals surface area contributed by atoms with Crippen molar-refractivity contribution in [3.63, 3.8) is 0 Å². The van der Waals surface area contributed by atoms with E-state index in [0.29, 0.717) is 17.9 Å². The van der Waals surface area contributed by atoms with Gasteiger partial charge in [0.1, 0.15) is 12.4 Å². The number of ether oxygens (including phenoxy) is 1. The molecule has 6 heteroatoms. The van der Waals surface area contributed by atoms with Crippen molar-refractivity contribution in [2.24, 2.45) is 0 Å². The maximum Gasteiger partial charge on any atom is 0.253 e. The van der Waals surface area contributed by atoms with Crippen molar-refractivity contribution in [2.45, 2.75) is 6.61 Å². The second-order valence-corrected chi connectivity index (χ2v) is 8.34. The van der Waals surface area contributed by atoms with Gasteiger partial charge in [0.25, 0.3) is 5.91 Å². The van der Waals surface area contributed by atoms with Gasteiger partial charge in [-0.25, -0.2) is 0 Å². The first-order valence-corrected chi connectivity index (χ1v) is 11.4. The molecule has 0 unspecified atom stereocenters. The third-order valence-corrected chi connectivity index (χ3v) is 5.75. The van der Waals surface area contributed by atoms with E-state index in [4.69, 9.17) is 4.74 Å². The zero-order chi connectivity index (χ0) is 23.8. The molecule has 0 atom stereocenters. The van der Waals surface area contributed by atoms with E-state index >= 15 is 0 Å². The second kappa shape index (κ2) is 11.3. The number of carbonyl (C=O) groups excluding carboxylic acids is 2. The highest BCUT2D eigenvalue weighted by atomic mass is 16.5. The van der Waals surface area contributed by atoms with Crippen LogP contribution in [0.15, 0.2) is 84.9 Å². The van der Waals surface area contributed by atoms with Crippen LogP contribution in [0, 0.1) is 0 Å². The van der Waals surface area contributed by atoms with Crippen LogP contribution in [0.5, 0.6) is 5.75 Å². The molecule has 4 rings (SSSR count). The Labute approximate surface area is 200 Å². The van der Waals surface area contributed by atoms with E-state index in [0.717, 1.165) is 43.1 Å². The van der Waals surface area contributed by atoms with Crippen molar-refractivity contribution in [3.8, 4) is 5.75 Å². The van der Waals surface area contributed by atoms with Crippen LogP contribution < -0.4 is 10.1 Å². The standard InChI is InChI=1S/C28H29N3O3/c1-30-17-19-31(20-18-30)28(33)24-10-12-25(13-11-24)29-27(32)16-9-22-7-14-26(15-8-22)34-21-23-5-3-2-4-6-23/h2-16H,17-21H2,1H3,(H,29,32)/b16-9+. The summed E-state index contributed by atoms with van der Waals surface area (Å²) < 4.78 is 5.79. The van der Waals surface area contributed by atoms with Crippen molar-refractivity contribution in [3.05, 3.63) is 102 Å². The van der Waals surface area contributed by atoms with Crippen LogP contribution in [0.4, 0.5) is 5.69 Å². The van der Waals surface area contributed by atoms with E-state index in [1.165, 1.54) is 6.08 Å². The molecule has 174 valence electrons. The Balaban J connectivity index is 1.26. The minimum Gasteiger partial charge on any atom is -0.489 e. The van der Waals surface area contributed by atoms with Gasteiger partial charge in [0.2, 0.25) is 5.91 Å². The number of amides is 2. The Bertz CT molecular complexity index is 1120. The average Bonchev–Trinajstić information content (AvgIpc) is 2.88. The Morgan fingerprint density at radius 2 is 1.56 bits per heavy atom. The summed E-state index contributed by atoms with van der Waals surface area (Å²) in [6.07, 6.45) is 3.24. The maximum atomic E-state index is 12.6. The van der Waals surface area contributed by atoms with E-state index < -0.39 is 0 Å². The van der Waals surface area contributed by atoms with Gasteiger partial charge in [0, 0.05) is 43.5 Å². The van der Waals surface area contributed by atoms with Gasteiger partial charge in [-0.3, -0.25) is 9.59 Å². The lowest BCUT2D eigenvalue weighted by atomic mass is 10.1. The molecule has 0 spiro atoms. The van der Waals surface area contributed by atoms with Crippen molar-refractivity contribution in [2.75, 3.05) is 38.5 Å². The summed E-state index contributed by atoms with van der Waals surface area (Å²) in [4.78, 5) is 29.0. The lowest BCUT2D eigenvalue weighted by Gasteiger charge is -2.32. The predicted molar refractivity (Wildman–Crippen MR) is 135 cm³/mol. The van der Waals surface area contributed by atoms with E-state index in [1.807, 2.05) is 59.5 Å². The molecule has 0 aliphatic carbocycles. The van der Waals surface area contributed by atoms with Crippen molar-refractivity contribution in [1.82, 2.24) is 9.80 Å². The average molecular weight is 456 g/mol. The van der Waals surface area contributed by atoms with Crippen LogP contribution in [0.1, 0.15) is 21.5 Å². The normalized spacial score (nSPS) is 14.2. The van der Waals surface area contributed by atoms with Crippen LogP contribution in [0.25, 0.3) is 6.08 Å². The van der Waals surface area contributed by atoms with Gasteiger partial charge in [0.05, 0.1) is 0 Å². The molecule has 1 heterocycles. The smallest absolute Gasteiger partial charge is 0.253 e. The molecular formula is C28H29N3O3. The number of piperazine rings is 1. The van der Waals surface area contributed by atoms with Crippen molar-refractivity contribution >= 4 is 23.6 Å². The summed E-state index contributed by atoms with van der Waals surface area (Å²) in [6.45, 7) is 3.75. The van der Waals surface area contributed by atoms with Gasteiger partial charge >= 0.3 is 0 Å². The molecule has 1 aliphatic heterocycles. The van der Waals surface area contributed by atoms with Gasteiger partial charge in [-0.15, -0.1) is 0 Å². The molecule has 0 radical (unpaired) electrons. The monoisotopic (exact) mass is 455 g/mol. The maximum absolute atomic E-state index is 12.6. The van der Waals surface area contributed by atoms with Crippen LogP contribution in [-0.4, -0.2) is 54.8 Å². The molecule has 3 aromatic carbocycles. The molecule has 1 fully saturated rings. The largest absolute Gasteiger partial charge is 0.489 e. The first kappa shape index (κ1) is 23.3. The summed E-state index contributed by atoms with van der Waals surface area (Å²) in [5, 5.41) is 2.83. The molecule has 0 saturated carbocycles. The fraction of sp³-hybridized carbons (Fsp3) is 0.214. The third-order valence-electron chi connectivity index (χ3n) is 5.75.